The Labute approximate surface area is 90.8 Å². The zero-order valence-corrected chi connectivity index (χ0v) is 8.94. The average molecular weight is 223 g/mol. The van der Waals surface area contributed by atoms with Gasteiger partial charge in [0.15, 0.2) is 5.13 Å². The van der Waals surface area contributed by atoms with Crippen LogP contribution in [0.15, 0.2) is 23.6 Å². The standard InChI is InChI=1S/C10H10FN3S/c1-6-5-15-10(13-6)14-7-2-3-8(11)9(12)4-7/h2-5H,12H2,1H3,(H,13,14). The maximum atomic E-state index is 12.9. The molecule has 0 unspecified atom stereocenters. The van der Waals surface area contributed by atoms with Crippen molar-refractivity contribution in [2.45, 2.75) is 6.92 Å². The highest BCUT2D eigenvalue weighted by Crippen LogP contribution is 2.23. The summed E-state index contributed by atoms with van der Waals surface area (Å²) in [5.74, 6) is -0.407. The molecule has 1 heterocycles. The lowest BCUT2D eigenvalue weighted by atomic mass is 10.3. The molecule has 0 amide bonds. The van der Waals surface area contributed by atoms with Gasteiger partial charge < -0.3 is 11.1 Å². The van der Waals surface area contributed by atoms with E-state index in [4.69, 9.17) is 5.73 Å². The molecule has 78 valence electrons. The van der Waals surface area contributed by atoms with Crippen molar-refractivity contribution in [3.05, 3.63) is 35.1 Å². The predicted molar refractivity (Wildman–Crippen MR) is 60.9 cm³/mol. The van der Waals surface area contributed by atoms with Gasteiger partial charge in [0.05, 0.1) is 11.4 Å². The monoisotopic (exact) mass is 223 g/mol. The van der Waals surface area contributed by atoms with Crippen molar-refractivity contribution in [2.24, 2.45) is 0 Å². The van der Waals surface area contributed by atoms with Crippen molar-refractivity contribution < 1.29 is 4.39 Å². The van der Waals surface area contributed by atoms with Gasteiger partial charge in [-0.1, -0.05) is 0 Å². The maximum Gasteiger partial charge on any atom is 0.187 e. The zero-order chi connectivity index (χ0) is 10.8. The fraction of sp³-hybridized carbons (Fsp3) is 0.100. The number of anilines is 3. The van der Waals surface area contributed by atoms with Crippen LogP contribution in [0.4, 0.5) is 20.9 Å². The highest BCUT2D eigenvalue weighted by atomic mass is 32.1. The first-order valence-corrected chi connectivity index (χ1v) is 5.27. The third-order valence-corrected chi connectivity index (χ3v) is 2.74. The van der Waals surface area contributed by atoms with Gasteiger partial charge in [-0.3, -0.25) is 0 Å². The number of aromatic nitrogens is 1. The molecule has 0 saturated carbocycles. The summed E-state index contributed by atoms with van der Waals surface area (Å²) >= 11 is 1.50. The number of aryl methyl sites for hydroxylation is 1. The second-order valence-corrected chi connectivity index (χ2v) is 4.01. The summed E-state index contributed by atoms with van der Waals surface area (Å²) in [6.45, 7) is 1.92. The molecular weight excluding hydrogens is 213 g/mol. The van der Waals surface area contributed by atoms with Crippen molar-refractivity contribution in [3.63, 3.8) is 0 Å². The topological polar surface area (TPSA) is 50.9 Å². The molecule has 3 nitrogen and oxygen atoms in total. The van der Waals surface area contributed by atoms with E-state index in [-0.39, 0.29) is 5.69 Å². The zero-order valence-electron chi connectivity index (χ0n) is 8.12. The summed E-state index contributed by atoms with van der Waals surface area (Å²) in [5, 5.41) is 5.77. The second kappa shape index (κ2) is 3.86. The smallest absolute Gasteiger partial charge is 0.187 e. The Morgan fingerprint density at radius 3 is 2.87 bits per heavy atom. The van der Waals surface area contributed by atoms with E-state index in [1.165, 1.54) is 17.4 Å². The molecule has 1 aromatic heterocycles. The van der Waals surface area contributed by atoms with Crippen molar-refractivity contribution in [2.75, 3.05) is 11.1 Å². The van der Waals surface area contributed by atoms with Crippen molar-refractivity contribution in [1.82, 2.24) is 4.98 Å². The Morgan fingerprint density at radius 2 is 2.27 bits per heavy atom. The number of benzene rings is 1. The van der Waals surface area contributed by atoms with E-state index in [2.05, 4.69) is 10.3 Å². The fourth-order valence-corrected chi connectivity index (χ4v) is 1.86. The highest BCUT2D eigenvalue weighted by Gasteiger charge is 2.02. The molecule has 0 aliphatic heterocycles. The molecule has 0 saturated heterocycles. The van der Waals surface area contributed by atoms with Crippen LogP contribution in [0, 0.1) is 12.7 Å². The van der Waals surface area contributed by atoms with Crippen LogP contribution in [0.3, 0.4) is 0 Å². The minimum atomic E-state index is -0.407. The number of thiazole rings is 1. The van der Waals surface area contributed by atoms with E-state index >= 15 is 0 Å². The molecule has 0 aliphatic carbocycles. The molecular formula is C10H10FN3S. The van der Waals surface area contributed by atoms with Gasteiger partial charge in [-0.15, -0.1) is 11.3 Å². The van der Waals surface area contributed by atoms with Crippen molar-refractivity contribution in [3.8, 4) is 0 Å². The third-order valence-electron chi connectivity index (χ3n) is 1.87. The molecule has 0 aliphatic rings. The van der Waals surface area contributed by atoms with Gasteiger partial charge in [-0.2, -0.15) is 0 Å². The molecule has 0 radical (unpaired) electrons. The first-order chi connectivity index (χ1) is 7.15. The Bertz CT molecular complexity index is 481. The average Bonchev–Trinajstić information content (AvgIpc) is 2.58. The molecule has 0 bridgehead atoms. The molecule has 3 N–H and O–H groups in total. The number of nitrogen functional groups attached to an aromatic ring is 1. The summed E-state index contributed by atoms with van der Waals surface area (Å²) in [6.07, 6.45) is 0. The van der Waals surface area contributed by atoms with Crippen LogP contribution in [0.25, 0.3) is 0 Å². The predicted octanol–water partition coefficient (Wildman–Crippen LogP) is 2.92. The number of rotatable bonds is 2. The molecule has 0 spiro atoms. The van der Waals surface area contributed by atoms with Crippen LogP contribution in [0.5, 0.6) is 0 Å². The first kappa shape index (κ1) is 9.92. The summed E-state index contributed by atoms with van der Waals surface area (Å²) in [5.41, 5.74) is 7.28. The number of halogens is 1. The summed E-state index contributed by atoms with van der Waals surface area (Å²) in [4.78, 5) is 4.23. The maximum absolute atomic E-state index is 12.9. The minimum absolute atomic E-state index is 0.133. The minimum Gasteiger partial charge on any atom is -0.396 e. The first-order valence-electron chi connectivity index (χ1n) is 4.39. The van der Waals surface area contributed by atoms with Gasteiger partial charge in [0.1, 0.15) is 5.82 Å². The van der Waals surface area contributed by atoms with Gasteiger partial charge >= 0.3 is 0 Å². The van der Waals surface area contributed by atoms with Crippen LogP contribution in [-0.4, -0.2) is 4.98 Å². The van der Waals surface area contributed by atoms with Crippen molar-refractivity contribution in [1.29, 1.82) is 0 Å². The Kier molecular flexibility index (Phi) is 2.55. The normalized spacial score (nSPS) is 10.3. The molecule has 0 atom stereocenters. The number of hydrogen-bond acceptors (Lipinski definition) is 4. The lowest BCUT2D eigenvalue weighted by Gasteiger charge is -2.03. The van der Waals surface area contributed by atoms with E-state index < -0.39 is 5.82 Å². The molecule has 2 aromatic rings. The van der Waals surface area contributed by atoms with E-state index in [0.717, 1.165) is 16.5 Å². The molecule has 2 rings (SSSR count). The van der Waals surface area contributed by atoms with Crippen LogP contribution < -0.4 is 11.1 Å². The van der Waals surface area contributed by atoms with Gasteiger partial charge in [-0.25, -0.2) is 9.37 Å². The Hall–Kier alpha value is -1.62. The summed E-state index contributed by atoms with van der Waals surface area (Å²) in [7, 11) is 0. The molecule has 5 heteroatoms. The quantitative estimate of drug-likeness (QED) is 0.770. The fourth-order valence-electron chi connectivity index (χ4n) is 1.16. The Balaban J connectivity index is 2.21. The number of hydrogen-bond donors (Lipinski definition) is 2. The molecule has 0 fully saturated rings. The van der Waals surface area contributed by atoms with Gasteiger partial charge in [0.25, 0.3) is 0 Å². The molecule has 15 heavy (non-hydrogen) atoms. The largest absolute Gasteiger partial charge is 0.396 e. The summed E-state index contributed by atoms with van der Waals surface area (Å²) in [6, 6.07) is 4.51. The second-order valence-electron chi connectivity index (χ2n) is 3.16. The van der Waals surface area contributed by atoms with Crippen LogP contribution in [0.1, 0.15) is 5.69 Å². The third kappa shape index (κ3) is 2.24. The van der Waals surface area contributed by atoms with E-state index in [1.54, 1.807) is 12.1 Å². The van der Waals surface area contributed by atoms with Crippen molar-refractivity contribution >= 4 is 27.8 Å². The van der Waals surface area contributed by atoms with E-state index in [0.29, 0.717) is 0 Å². The van der Waals surface area contributed by atoms with Gasteiger partial charge in [0.2, 0.25) is 0 Å². The van der Waals surface area contributed by atoms with Gasteiger partial charge in [-0.05, 0) is 25.1 Å². The van der Waals surface area contributed by atoms with E-state index in [9.17, 15) is 4.39 Å². The molecule has 1 aromatic carbocycles. The van der Waals surface area contributed by atoms with Crippen LogP contribution >= 0.6 is 11.3 Å². The Morgan fingerprint density at radius 1 is 1.47 bits per heavy atom. The van der Waals surface area contributed by atoms with E-state index in [1.807, 2.05) is 12.3 Å². The lowest BCUT2D eigenvalue weighted by molar-refractivity contribution is 0.633. The van der Waals surface area contributed by atoms with Gasteiger partial charge in [0, 0.05) is 11.1 Å². The lowest BCUT2D eigenvalue weighted by Crippen LogP contribution is -1.94. The number of nitrogens with zero attached hydrogens (tertiary/aromatic N) is 1. The number of nitrogens with two attached hydrogens (primary N) is 1. The van der Waals surface area contributed by atoms with Crippen LogP contribution in [0.2, 0.25) is 0 Å². The summed E-state index contributed by atoms with van der Waals surface area (Å²) < 4.78 is 12.9. The SMILES string of the molecule is Cc1csc(Nc2ccc(F)c(N)c2)n1. The highest BCUT2D eigenvalue weighted by molar-refractivity contribution is 7.13. The number of nitrogens with one attached hydrogen (secondary N) is 1. The van der Waals surface area contributed by atoms with Crippen LogP contribution in [-0.2, 0) is 0 Å².